The zero-order chi connectivity index (χ0) is 19.5. The number of rotatable bonds is 4. The summed E-state index contributed by atoms with van der Waals surface area (Å²) < 4.78 is 19.0. The smallest absolute Gasteiger partial charge is 0.271 e. The number of oxazole rings is 1. The monoisotopic (exact) mass is 381 g/mol. The number of carbonyl (C=O) groups is 1. The summed E-state index contributed by atoms with van der Waals surface area (Å²) in [6.45, 7) is 0.579. The molecule has 0 bridgehead atoms. The van der Waals surface area contributed by atoms with Crippen molar-refractivity contribution in [3.63, 3.8) is 0 Å². The largest absolute Gasteiger partial charge is 0.443 e. The first kappa shape index (κ1) is 18.2. The van der Waals surface area contributed by atoms with Gasteiger partial charge in [0, 0.05) is 19.0 Å². The molecule has 1 N–H and O–H groups in total. The first-order chi connectivity index (χ1) is 13.6. The van der Waals surface area contributed by atoms with Gasteiger partial charge in [-0.15, -0.1) is 0 Å². The summed E-state index contributed by atoms with van der Waals surface area (Å²) in [5.41, 5.74) is 0.872. The van der Waals surface area contributed by atoms with Gasteiger partial charge in [0.2, 0.25) is 11.4 Å². The molecule has 28 heavy (non-hydrogen) atoms. The minimum absolute atomic E-state index is 0.235. The van der Waals surface area contributed by atoms with E-state index in [0.29, 0.717) is 24.6 Å². The van der Waals surface area contributed by atoms with E-state index in [1.165, 1.54) is 18.2 Å². The van der Waals surface area contributed by atoms with Crippen molar-refractivity contribution >= 4 is 5.91 Å². The van der Waals surface area contributed by atoms with Crippen LogP contribution in [0.15, 0.2) is 57.9 Å². The molecule has 1 aliphatic heterocycles. The fraction of sp³-hybridized carbons (Fsp3) is 0.286. The van der Waals surface area contributed by atoms with Gasteiger partial charge in [0.25, 0.3) is 5.91 Å². The predicted octanol–water partition coefficient (Wildman–Crippen LogP) is 3.46. The number of halogens is 1. The van der Waals surface area contributed by atoms with Crippen LogP contribution in [0.1, 0.15) is 53.0 Å². The van der Waals surface area contributed by atoms with Gasteiger partial charge in [-0.3, -0.25) is 9.59 Å². The van der Waals surface area contributed by atoms with Crippen LogP contribution in [0.3, 0.4) is 0 Å². The maximum atomic E-state index is 13.1. The Morgan fingerprint density at radius 1 is 1.21 bits per heavy atom. The highest BCUT2D eigenvalue weighted by atomic mass is 19.1. The molecule has 6 nitrogen and oxygen atoms in total. The van der Waals surface area contributed by atoms with Gasteiger partial charge >= 0.3 is 0 Å². The van der Waals surface area contributed by atoms with Crippen LogP contribution in [-0.2, 0) is 6.42 Å². The lowest BCUT2D eigenvalue weighted by molar-refractivity contribution is 0.0563. The predicted molar refractivity (Wildman–Crippen MR) is 100 cm³/mol. The van der Waals surface area contributed by atoms with Crippen LogP contribution in [0.4, 0.5) is 4.39 Å². The van der Waals surface area contributed by atoms with Crippen molar-refractivity contribution in [1.82, 2.24) is 14.9 Å². The topological polar surface area (TPSA) is 79.2 Å². The average Bonchev–Trinajstić information content (AvgIpc) is 3.17. The second-order valence-electron chi connectivity index (χ2n) is 6.91. The second-order valence-corrected chi connectivity index (χ2v) is 6.91. The summed E-state index contributed by atoms with van der Waals surface area (Å²) in [4.78, 5) is 33.2. The summed E-state index contributed by atoms with van der Waals surface area (Å²) >= 11 is 0. The first-order valence-electron chi connectivity index (χ1n) is 9.29. The lowest BCUT2D eigenvalue weighted by Gasteiger charge is -2.33. The fourth-order valence-electron chi connectivity index (χ4n) is 3.52. The van der Waals surface area contributed by atoms with Crippen molar-refractivity contribution < 1.29 is 13.6 Å². The SMILES string of the molecule is O=C(c1cccc(=O)[nH]1)N1CCCCC1c1ncc(Cc2ccc(F)cc2)o1. The summed E-state index contributed by atoms with van der Waals surface area (Å²) in [6.07, 6.45) is 4.76. The van der Waals surface area contributed by atoms with Crippen LogP contribution >= 0.6 is 0 Å². The number of aromatic amines is 1. The molecule has 1 unspecified atom stereocenters. The number of hydrogen-bond acceptors (Lipinski definition) is 4. The zero-order valence-corrected chi connectivity index (χ0v) is 15.2. The van der Waals surface area contributed by atoms with E-state index in [9.17, 15) is 14.0 Å². The number of nitrogens with zero attached hydrogens (tertiary/aromatic N) is 2. The molecule has 1 fully saturated rings. The molecule has 2 aromatic heterocycles. The number of hydrogen-bond donors (Lipinski definition) is 1. The third kappa shape index (κ3) is 3.88. The molecule has 3 heterocycles. The summed E-state index contributed by atoms with van der Waals surface area (Å²) in [6, 6.07) is 10.5. The molecule has 1 atom stereocenters. The number of H-pyrrole nitrogens is 1. The Morgan fingerprint density at radius 3 is 2.82 bits per heavy atom. The molecule has 0 spiro atoms. The normalized spacial score (nSPS) is 16.9. The van der Waals surface area contributed by atoms with Gasteiger partial charge in [-0.05, 0) is 43.0 Å². The number of aromatic nitrogens is 2. The highest BCUT2D eigenvalue weighted by Gasteiger charge is 2.32. The van der Waals surface area contributed by atoms with E-state index in [-0.39, 0.29) is 29.0 Å². The van der Waals surface area contributed by atoms with Crippen molar-refractivity contribution in [3.8, 4) is 0 Å². The van der Waals surface area contributed by atoms with Crippen LogP contribution in [0.25, 0.3) is 0 Å². The number of amides is 1. The molecule has 0 radical (unpaired) electrons. The first-order valence-corrected chi connectivity index (χ1v) is 9.29. The molecule has 1 amide bonds. The van der Waals surface area contributed by atoms with Gasteiger partial charge in [0.05, 0.1) is 6.20 Å². The molecule has 0 saturated carbocycles. The Morgan fingerprint density at radius 2 is 2.04 bits per heavy atom. The quantitative estimate of drug-likeness (QED) is 0.751. The summed E-state index contributed by atoms with van der Waals surface area (Å²) in [5, 5.41) is 0. The minimum atomic E-state index is -0.308. The van der Waals surface area contributed by atoms with Gasteiger partial charge in [-0.2, -0.15) is 0 Å². The number of carbonyl (C=O) groups excluding carboxylic acids is 1. The Kier molecular flexibility index (Phi) is 5.06. The average molecular weight is 381 g/mol. The van der Waals surface area contributed by atoms with E-state index in [1.54, 1.807) is 35.4 Å². The minimum Gasteiger partial charge on any atom is -0.443 e. The van der Waals surface area contributed by atoms with Crippen LogP contribution in [-0.4, -0.2) is 27.3 Å². The van der Waals surface area contributed by atoms with Crippen LogP contribution in [0, 0.1) is 5.82 Å². The van der Waals surface area contributed by atoms with Crippen molar-refractivity contribution in [2.24, 2.45) is 0 Å². The third-order valence-corrected chi connectivity index (χ3v) is 4.91. The van der Waals surface area contributed by atoms with Crippen molar-refractivity contribution in [2.45, 2.75) is 31.7 Å². The third-order valence-electron chi connectivity index (χ3n) is 4.91. The van der Waals surface area contributed by atoms with Gasteiger partial charge < -0.3 is 14.3 Å². The molecular weight excluding hydrogens is 361 g/mol. The second kappa shape index (κ2) is 7.80. The standard InChI is InChI=1S/C21H20FN3O3/c22-15-9-7-14(8-10-15)12-16-13-23-20(28-16)18-5-1-2-11-25(18)21(27)17-4-3-6-19(26)24-17/h3-4,6-10,13,18H,1-2,5,11-12H2,(H,24,26). The van der Waals surface area contributed by atoms with Gasteiger partial charge in [-0.1, -0.05) is 18.2 Å². The number of likely N-dealkylation sites (tertiary alicyclic amines) is 1. The lowest BCUT2D eigenvalue weighted by Crippen LogP contribution is -2.39. The fourth-order valence-corrected chi connectivity index (χ4v) is 3.52. The molecule has 4 rings (SSSR count). The van der Waals surface area contributed by atoms with E-state index >= 15 is 0 Å². The molecule has 1 saturated heterocycles. The summed E-state index contributed by atoms with van der Waals surface area (Å²) in [5.74, 6) is 0.633. The van der Waals surface area contributed by atoms with Crippen LogP contribution < -0.4 is 5.56 Å². The molecule has 0 aliphatic carbocycles. The van der Waals surface area contributed by atoms with Gasteiger partial charge in [0.1, 0.15) is 23.3 Å². The van der Waals surface area contributed by atoms with Crippen LogP contribution in [0.5, 0.6) is 0 Å². The summed E-state index contributed by atoms with van der Waals surface area (Å²) in [7, 11) is 0. The lowest BCUT2D eigenvalue weighted by atomic mass is 10.0. The van der Waals surface area contributed by atoms with Crippen molar-refractivity contribution in [3.05, 3.63) is 87.7 Å². The molecular formula is C21H20FN3O3. The number of benzene rings is 1. The number of pyridine rings is 1. The number of nitrogens with one attached hydrogen (secondary N) is 1. The highest BCUT2D eigenvalue weighted by Crippen LogP contribution is 2.32. The molecule has 7 heteroatoms. The molecule has 1 aliphatic rings. The molecule has 144 valence electrons. The van der Waals surface area contributed by atoms with E-state index < -0.39 is 0 Å². The number of piperidine rings is 1. The zero-order valence-electron chi connectivity index (χ0n) is 15.2. The van der Waals surface area contributed by atoms with E-state index in [1.807, 2.05) is 0 Å². The Hall–Kier alpha value is -3.22. The van der Waals surface area contributed by atoms with Crippen molar-refractivity contribution in [2.75, 3.05) is 6.54 Å². The van der Waals surface area contributed by atoms with Gasteiger partial charge in [0.15, 0.2) is 0 Å². The Bertz CT molecular complexity index is 1030. The van der Waals surface area contributed by atoms with Crippen LogP contribution in [0.2, 0.25) is 0 Å². The van der Waals surface area contributed by atoms with E-state index in [4.69, 9.17) is 4.42 Å². The highest BCUT2D eigenvalue weighted by molar-refractivity contribution is 5.92. The maximum absolute atomic E-state index is 13.1. The van der Waals surface area contributed by atoms with Crippen molar-refractivity contribution in [1.29, 1.82) is 0 Å². The Balaban J connectivity index is 1.54. The molecule has 3 aromatic rings. The van der Waals surface area contributed by atoms with E-state index in [2.05, 4.69) is 9.97 Å². The Labute approximate surface area is 161 Å². The van der Waals surface area contributed by atoms with Gasteiger partial charge in [-0.25, -0.2) is 9.37 Å². The maximum Gasteiger partial charge on any atom is 0.271 e. The van der Waals surface area contributed by atoms with E-state index in [0.717, 1.165) is 24.8 Å². The molecule has 1 aromatic carbocycles.